The first-order chi connectivity index (χ1) is 3.81. The van der Waals surface area contributed by atoms with Gasteiger partial charge in [0.1, 0.15) is 0 Å². The predicted octanol–water partition coefficient (Wildman–Crippen LogP) is 1.40. The van der Waals surface area contributed by atoms with Crippen molar-refractivity contribution in [1.82, 2.24) is 4.90 Å². The van der Waals surface area contributed by atoms with Crippen LogP contribution in [0.2, 0.25) is 0 Å². The second kappa shape index (κ2) is 5.67. The van der Waals surface area contributed by atoms with Gasteiger partial charge in [0.25, 0.3) is 0 Å². The number of nitrogens with zero attached hydrogens (tertiary/aromatic N) is 1. The van der Waals surface area contributed by atoms with Gasteiger partial charge in [-0.15, -0.1) is 23.2 Å². The van der Waals surface area contributed by atoms with Gasteiger partial charge in [-0.1, -0.05) is 0 Å². The minimum atomic E-state index is 0.688. The molecule has 0 heterocycles. The van der Waals surface area contributed by atoms with Crippen LogP contribution in [-0.4, -0.2) is 36.8 Å². The summed E-state index contributed by atoms with van der Waals surface area (Å²) in [5.74, 6) is 1.38. The molecule has 8 heavy (non-hydrogen) atoms. The van der Waals surface area contributed by atoms with Crippen molar-refractivity contribution < 1.29 is 0 Å². The van der Waals surface area contributed by atoms with Crippen molar-refractivity contribution in [2.24, 2.45) is 0 Å². The van der Waals surface area contributed by atoms with Crippen LogP contribution in [0.15, 0.2) is 0 Å². The number of hydrogen-bond acceptors (Lipinski definition) is 1. The molecule has 0 N–H and O–H groups in total. The first-order valence-corrected chi connectivity index (χ1v) is 3.68. The lowest BCUT2D eigenvalue weighted by Crippen LogP contribution is -2.22. The fourth-order valence-corrected chi connectivity index (χ4v) is 0.977. The summed E-state index contributed by atoms with van der Waals surface area (Å²) in [6, 6.07) is 0. The summed E-state index contributed by atoms with van der Waals surface area (Å²) in [5.41, 5.74) is 0. The molecule has 0 saturated heterocycles. The van der Waals surface area contributed by atoms with Gasteiger partial charge >= 0.3 is 0 Å². The normalized spacial score (nSPS) is 10.5. The molecule has 1 nitrogen and oxygen atoms in total. The first-order valence-electron chi connectivity index (χ1n) is 2.61. The summed E-state index contributed by atoms with van der Waals surface area (Å²) < 4.78 is 0. The highest BCUT2D eigenvalue weighted by Crippen LogP contribution is 1.85. The highest BCUT2D eigenvalue weighted by Gasteiger charge is 1.92. The molecule has 0 amide bonds. The number of halogens is 2. The van der Waals surface area contributed by atoms with Crippen LogP contribution < -0.4 is 0 Å². The molecule has 0 aliphatic carbocycles. The minimum absolute atomic E-state index is 0.688. The average molecular weight is 158 g/mol. The van der Waals surface area contributed by atoms with Crippen LogP contribution in [0.1, 0.15) is 0 Å². The zero-order valence-corrected chi connectivity index (χ0v) is 6.54. The third-order valence-corrected chi connectivity index (χ3v) is 1.27. The van der Waals surface area contributed by atoms with Crippen LogP contribution in [-0.2, 0) is 0 Å². The standard InChI is InChI=1S/C5H11Cl2N/c1-8(4-2-6)5-3-7/h2-5H2,1H3/i1+2. The maximum Gasteiger partial charge on any atom is 0.0351 e. The van der Waals surface area contributed by atoms with Gasteiger partial charge in [0.05, 0.1) is 0 Å². The Bertz CT molecular complexity index is 43.7. The van der Waals surface area contributed by atoms with Gasteiger partial charge in [0.2, 0.25) is 0 Å². The second-order valence-electron chi connectivity index (χ2n) is 1.68. The summed E-state index contributed by atoms with van der Waals surface area (Å²) in [6.45, 7) is 1.85. The molecule has 0 aliphatic rings. The molecule has 0 aromatic carbocycles. The van der Waals surface area contributed by atoms with Crippen molar-refractivity contribution in [3.63, 3.8) is 0 Å². The fourth-order valence-electron chi connectivity index (χ4n) is 0.400. The maximum absolute atomic E-state index is 5.45. The van der Waals surface area contributed by atoms with Gasteiger partial charge in [0, 0.05) is 24.8 Å². The molecule has 50 valence electrons. The number of rotatable bonds is 4. The van der Waals surface area contributed by atoms with E-state index in [0.717, 1.165) is 13.1 Å². The van der Waals surface area contributed by atoms with Crippen molar-refractivity contribution in [2.75, 3.05) is 31.9 Å². The summed E-state index contributed by atoms with van der Waals surface area (Å²) in [4.78, 5) is 2.10. The quantitative estimate of drug-likeness (QED) is 0.559. The highest BCUT2D eigenvalue weighted by atomic mass is 35.5. The Labute approximate surface area is 60.6 Å². The Morgan fingerprint density at radius 3 is 1.75 bits per heavy atom. The van der Waals surface area contributed by atoms with Crippen LogP contribution in [0.5, 0.6) is 0 Å². The van der Waals surface area contributed by atoms with E-state index >= 15 is 0 Å². The first kappa shape index (κ1) is 8.54. The van der Waals surface area contributed by atoms with E-state index in [9.17, 15) is 0 Å². The second-order valence-corrected chi connectivity index (χ2v) is 2.44. The summed E-state index contributed by atoms with van der Waals surface area (Å²) in [7, 11) is 2.00. The van der Waals surface area contributed by atoms with E-state index in [0.29, 0.717) is 11.8 Å². The van der Waals surface area contributed by atoms with Gasteiger partial charge < -0.3 is 4.90 Å². The van der Waals surface area contributed by atoms with E-state index in [1.54, 1.807) is 0 Å². The molecular formula is C5H11Cl2N. The molecule has 0 fully saturated rings. The Balaban J connectivity index is 2.92. The van der Waals surface area contributed by atoms with Gasteiger partial charge in [-0.3, -0.25) is 0 Å². The topological polar surface area (TPSA) is 3.24 Å². The van der Waals surface area contributed by atoms with Crippen LogP contribution in [0.4, 0.5) is 0 Å². The van der Waals surface area contributed by atoms with E-state index < -0.39 is 0 Å². The van der Waals surface area contributed by atoms with Crippen LogP contribution >= 0.6 is 23.2 Å². The van der Waals surface area contributed by atoms with E-state index in [4.69, 9.17) is 23.2 Å². The molecular weight excluding hydrogens is 147 g/mol. The Kier molecular flexibility index (Phi) is 6.06. The van der Waals surface area contributed by atoms with Crippen molar-refractivity contribution in [2.45, 2.75) is 0 Å². The molecule has 0 bridgehead atoms. The summed E-state index contributed by atoms with van der Waals surface area (Å²) >= 11 is 10.9. The summed E-state index contributed by atoms with van der Waals surface area (Å²) in [5, 5.41) is 0. The molecule has 0 aliphatic heterocycles. The number of alkyl halides is 2. The van der Waals surface area contributed by atoms with Crippen molar-refractivity contribution >= 4 is 23.2 Å². The van der Waals surface area contributed by atoms with Gasteiger partial charge in [-0.05, 0) is 7.05 Å². The number of hydrogen-bond donors (Lipinski definition) is 0. The molecule has 0 aromatic rings. The molecule has 0 aromatic heterocycles. The molecule has 3 heteroatoms. The molecule has 0 saturated carbocycles. The lowest BCUT2D eigenvalue weighted by molar-refractivity contribution is 0.378. The third-order valence-electron chi connectivity index (χ3n) is 0.932. The largest absolute Gasteiger partial charge is 0.304 e. The maximum atomic E-state index is 5.45. The monoisotopic (exact) mass is 157 g/mol. The van der Waals surface area contributed by atoms with Crippen molar-refractivity contribution in [3.05, 3.63) is 0 Å². The van der Waals surface area contributed by atoms with Crippen molar-refractivity contribution in [3.8, 4) is 0 Å². The van der Waals surface area contributed by atoms with Crippen LogP contribution in [0.25, 0.3) is 0 Å². The summed E-state index contributed by atoms with van der Waals surface area (Å²) in [6.07, 6.45) is 0. The Morgan fingerprint density at radius 2 is 1.50 bits per heavy atom. The fraction of sp³-hybridized carbons (Fsp3) is 1.00. The van der Waals surface area contributed by atoms with Crippen molar-refractivity contribution in [1.29, 1.82) is 0 Å². The molecule has 0 atom stereocenters. The Hall–Kier alpha value is 0.540. The lowest BCUT2D eigenvalue weighted by Gasteiger charge is -2.11. The molecule has 0 spiro atoms. The van der Waals surface area contributed by atoms with Gasteiger partial charge in [0.15, 0.2) is 0 Å². The zero-order valence-electron chi connectivity index (χ0n) is 5.03. The Morgan fingerprint density at radius 1 is 1.12 bits per heavy atom. The molecule has 0 radical (unpaired) electrons. The zero-order chi connectivity index (χ0) is 6.41. The van der Waals surface area contributed by atoms with E-state index in [1.807, 2.05) is 7.05 Å². The SMILES string of the molecule is [14CH3]N(CCCl)CCCl. The molecule has 0 unspecified atom stereocenters. The lowest BCUT2D eigenvalue weighted by atomic mass is 10.6. The highest BCUT2D eigenvalue weighted by molar-refractivity contribution is 6.18. The van der Waals surface area contributed by atoms with E-state index in [-0.39, 0.29) is 0 Å². The predicted molar refractivity (Wildman–Crippen MR) is 38.9 cm³/mol. The smallest absolute Gasteiger partial charge is 0.0351 e. The molecule has 0 rings (SSSR count). The third kappa shape index (κ3) is 4.69. The van der Waals surface area contributed by atoms with Gasteiger partial charge in [-0.25, -0.2) is 0 Å². The minimum Gasteiger partial charge on any atom is -0.304 e. The van der Waals surface area contributed by atoms with E-state index in [1.165, 1.54) is 0 Å². The van der Waals surface area contributed by atoms with E-state index in [2.05, 4.69) is 4.90 Å². The van der Waals surface area contributed by atoms with Gasteiger partial charge in [-0.2, -0.15) is 0 Å². The average Bonchev–Trinajstić information content (AvgIpc) is 1.68. The van der Waals surface area contributed by atoms with Crippen LogP contribution in [0, 0.1) is 0 Å². The van der Waals surface area contributed by atoms with Crippen LogP contribution in [0.3, 0.4) is 0 Å².